The predicted octanol–water partition coefficient (Wildman–Crippen LogP) is 4.50. The zero-order chi connectivity index (χ0) is 29.3. The summed E-state index contributed by atoms with van der Waals surface area (Å²) in [6, 6.07) is 18.5. The molecule has 0 aliphatic rings. The lowest BCUT2D eigenvalue weighted by molar-refractivity contribution is -0.139. The van der Waals surface area contributed by atoms with Crippen LogP contribution in [0, 0.1) is 0 Å². The molecule has 9 nitrogen and oxygen atoms in total. The predicted molar refractivity (Wildman–Crippen MR) is 155 cm³/mol. The van der Waals surface area contributed by atoms with E-state index in [9.17, 15) is 18.0 Å². The molecule has 2 amide bonds. The number of nitrogens with one attached hydrogen (secondary N) is 1. The first-order valence-electron chi connectivity index (χ1n) is 12.7. The highest BCUT2D eigenvalue weighted by Gasteiger charge is 2.33. The van der Waals surface area contributed by atoms with Crippen molar-refractivity contribution in [1.29, 1.82) is 0 Å². The third kappa shape index (κ3) is 7.45. The van der Waals surface area contributed by atoms with Crippen molar-refractivity contribution in [3.63, 3.8) is 0 Å². The fraction of sp³-hybridized carbons (Fsp3) is 0.310. The van der Waals surface area contributed by atoms with E-state index in [0.29, 0.717) is 12.3 Å². The van der Waals surface area contributed by atoms with Gasteiger partial charge in [0.15, 0.2) is 0 Å². The Morgan fingerprint density at radius 2 is 1.65 bits per heavy atom. The highest BCUT2D eigenvalue weighted by atomic mass is 35.5. The first-order chi connectivity index (χ1) is 19.1. The van der Waals surface area contributed by atoms with E-state index in [-0.39, 0.29) is 33.8 Å². The smallest absolute Gasteiger partial charge is 0.264 e. The Hall–Kier alpha value is -3.76. The molecule has 0 saturated carbocycles. The second kappa shape index (κ2) is 14.0. The number of methoxy groups -OCH3 is 2. The molecule has 0 aromatic heterocycles. The molecule has 1 N–H and O–H groups in total. The molecule has 0 aliphatic carbocycles. The van der Waals surface area contributed by atoms with Gasteiger partial charge < -0.3 is 19.7 Å². The van der Waals surface area contributed by atoms with E-state index in [4.69, 9.17) is 21.1 Å². The average molecular weight is 588 g/mol. The molecule has 0 bridgehead atoms. The number of ether oxygens (including phenoxy) is 2. The van der Waals surface area contributed by atoms with Gasteiger partial charge in [-0.1, -0.05) is 48.9 Å². The van der Waals surface area contributed by atoms with Crippen LogP contribution in [0.3, 0.4) is 0 Å². The number of carbonyl (C=O) groups excluding carboxylic acids is 2. The first-order valence-corrected chi connectivity index (χ1v) is 14.6. The topological polar surface area (TPSA) is 105 Å². The van der Waals surface area contributed by atoms with E-state index >= 15 is 0 Å². The third-order valence-electron chi connectivity index (χ3n) is 6.25. The van der Waals surface area contributed by atoms with Crippen LogP contribution in [0.15, 0.2) is 77.7 Å². The molecular weight excluding hydrogens is 554 g/mol. The number of benzene rings is 3. The van der Waals surface area contributed by atoms with Gasteiger partial charge >= 0.3 is 0 Å². The van der Waals surface area contributed by atoms with Gasteiger partial charge in [-0.2, -0.15) is 0 Å². The summed E-state index contributed by atoms with van der Waals surface area (Å²) in [5.74, 6) is -0.0753. The lowest BCUT2D eigenvalue weighted by Crippen LogP contribution is -2.51. The molecule has 0 aliphatic heterocycles. The molecule has 3 aromatic carbocycles. The quantitative estimate of drug-likeness (QED) is 0.316. The van der Waals surface area contributed by atoms with Crippen LogP contribution in [0.25, 0.3) is 0 Å². The van der Waals surface area contributed by atoms with Crippen LogP contribution in [-0.2, 0) is 26.2 Å². The van der Waals surface area contributed by atoms with Gasteiger partial charge in [0.25, 0.3) is 10.0 Å². The van der Waals surface area contributed by atoms with Gasteiger partial charge in [0.1, 0.15) is 24.1 Å². The first kappa shape index (κ1) is 30.8. The fourth-order valence-corrected chi connectivity index (χ4v) is 5.60. The van der Waals surface area contributed by atoms with Crippen LogP contribution >= 0.6 is 11.6 Å². The second-order valence-electron chi connectivity index (χ2n) is 8.98. The van der Waals surface area contributed by atoms with Gasteiger partial charge in [0.05, 0.1) is 24.8 Å². The number of nitrogens with zero attached hydrogens (tertiary/aromatic N) is 2. The summed E-state index contributed by atoms with van der Waals surface area (Å²) in [7, 11) is -1.29. The Morgan fingerprint density at radius 1 is 0.975 bits per heavy atom. The Morgan fingerprint density at radius 3 is 2.25 bits per heavy atom. The summed E-state index contributed by atoms with van der Waals surface area (Å²) in [4.78, 5) is 28.3. The number of carbonyl (C=O) groups is 2. The zero-order valence-electron chi connectivity index (χ0n) is 23.0. The Bertz CT molecular complexity index is 1400. The maximum atomic E-state index is 14.0. The number of anilines is 1. The van der Waals surface area contributed by atoms with Crippen molar-refractivity contribution >= 4 is 39.1 Å². The third-order valence-corrected chi connectivity index (χ3v) is 8.26. The van der Waals surface area contributed by atoms with Crippen molar-refractivity contribution in [2.75, 3.05) is 31.6 Å². The van der Waals surface area contributed by atoms with Gasteiger partial charge in [-0.15, -0.1) is 0 Å². The molecule has 1 unspecified atom stereocenters. The van der Waals surface area contributed by atoms with Crippen LogP contribution in [0.2, 0.25) is 5.02 Å². The minimum Gasteiger partial charge on any atom is -0.497 e. The van der Waals surface area contributed by atoms with Crippen molar-refractivity contribution in [3.05, 3.63) is 83.4 Å². The number of hydrogen-bond acceptors (Lipinski definition) is 6. The molecule has 0 heterocycles. The molecule has 0 saturated heterocycles. The van der Waals surface area contributed by atoms with Crippen molar-refractivity contribution in [2.45, 2.75) is 37.8 Å². The SMILES string of the molecule is CCCNC(=O)C(C)N(Cc1ccc(OC)cc1)C(=O)CN(c1cc(Cl)ccc1OC)S(=O)(=O)c1ccccc1. The van der Waals surface area contributed by atoms with Gasteiger partial charge in [-0.05, 0) is 61.4 Å². The Labute approximate surface area is 240 Å². The molecule has 0 radical (unpaired) electrons. The number of halogens is 1. The van der Waals surface area contributed by atoms with Crippen molar-refractivity contribution in [3.8, 4) is 11.5 Å². The number of hydrogen-bond donors (Lipinski definition) is 1. The molecule has 11 heteroatoms. The Balaban J connectivity index is 2.06. The highest BCUT2D eigenvalue weighted by Crippen LogP contribution is 2.35. The molecule has 3 aromatic rings. The number of amides is 2. The molecule has 1 atom stereocenters. The summed E-state index contributed by atoms with van der Waals surface area (Å²) >= 11 is 6.25. The Kier molecular flexibility index (Phi) is 10.8. The molecule has 0 fully saturated rings. The van der Waals surface area contributed by atoms with Gasteiger partial charge in [0, 0.05) is 18.1 Å². The summed E-state index contributed by atoms with van der Waals surface area (Å²) in [5.41, 5.74) is 0.835. The lowest BCUT2D eigenvalue weighted by atomic mass is 10.1. The van der Waals surface area contributed by atoms with Crippen LogP contribution < -0.4 is 19.1 Å². The van der Waals surface area contributed by atoms with E-state index in [2.05, 4.69) is 5.32 Å². The normalized spacial score (nSPS) is 11.8. The monoisotopic (exact) mass is 587 g/mol. The van der Waals surface area contributed by atoms with Crippen molar-refractivity contribution in [2.24, 2.45) is 0 Å². The zero-order valence-corrected chi connectivity index (χ0v) is 24.5. The average Bonchev–Trinajstić information content (AvgIpc) is 2.97. The largest absolute Gasteiger partial charge is 0.497 e. The maximum absolute atomic E-state index is 14.0. The summed E-state index contributed by atoms with van der Waals surface area (Å²) in [5, 5.41) is 3.08. The van der Waals surface area contributed by atoms with Gasteiger partial charge in [-0.3, -0.25) is 13.9 Å². The van der Waals surface area contributed by atoms with Crippen molar-refractivity contribution in [1.82, 2.24) is 10.2 Å². The maximum Gasteiger partial charge on any atom is 0.264 e. The van der Waals surface area contributed by atoms with E-state index < -0.39 is 28.5 Å². The van der Waals surface area contributed by atoms with Crippen LogP contribution in [0.5, 0.6) is 11.5 Å². The summed E-state index contributed by atoms with van der Waals surface area (Å²) in [6.45, 7) is 3.45. The highest BCUT2D eigenvalue weighted by molar-refractivity contribution is 7.92. The van der Waals surface area contributed by atoms with Crippen LogP contribution in [-0.4, -0.2) is 58.5 Å². The van der Waals surface area contributed by atoms with Crippen molar-refractivity contribution < 1.29 is 27.5 Å². The standard InChI is InChI=1S/C29H34ClN3O6S/c1-5-17-31-29(35)21(2)32(19-22-11-14-24(38-3)15-12-22)28(34)20-33(26-18-23(30)13-16-27(26)39-4)40(36,37)25-9-7-6-8-10-25/h6-16,18,21H,5,17,19-20H2,1-4H3,(H,31,35). The molecule has 40 heavy (non-hydrogen) atoms. The molecule has 0 spiro atoms. The van der Waals surface area contributed by atoms with E-state index in [1.54, 1.807) is 62.6 Å². The van der Waals surface area contributed by atoms with E-state index in [0.717, 1.165) is 16.3 Å². The van der Waals surface area contributed by atoms with Crippen LogP contribution in [0.1, 0.15) is 25.8 Å². The molecular formula is C29H34ClN3O6S. The van der Waals surface area contributed by atoms with E-state index in [1.807, 2.05) is 6.92 Å². The van der Waals surface area contributed by atoms with Gasteiger partial charge in [-0.25, -0.2) is 8.42 Å². The minimum atomic E-state index is -4.24. The fourth-order valence-electron chi connectivity index (χ4n) is 4.00. The number of sulfonamides is 1. The molecule has 3 rings (SSSR count). The second-order valence-corrected chi connectivity index (χ2v) is 11.3. The summed E-state index contributed by atoms with van der Waals surface area (Å²) in [6.07, 6.45) is 0.725. The van der Waals surface area contributed by atoms with Crippen LogP contribution in [0.4, 0.5) is 5.69 Å². The van der Waals surface area contributed by atoms with Gasteiger partial charge in [0.2, 0.25) is 11.8 Å². The molecule has 214 valence electrons. The van der Waals surface area contributed by atoms with E-state index in [1.165, 1.54) is 36.3 Å². The number of rotatable bonds is 13. The summed E-state index contributed by atoms with van der Waals surface area (Å²) < 4.78 is 39.4. The minimum absolute atomic E-state index is 0.0136. The lowest BCUT2D eigenvalue weighted by Gasteiger charge is -2.32.